The van der Waals surface area contributed by atoms with Crippen LogP contribution < -0.4 is 5.73 Å². The first kappa shape index (κ1) is 21.9. The van der Waals surface area contributed by atoms with Crippen LogP contribution in [0.1, 0.15) is 40.7 Å². The van der Waals surface area contributed by atoms with E-state index in [0.717, 1.165) is 66.6 Å². The average molecular weight is 466 g/mol. The SMILES string of the molecule is CN1CCN(C(=O)c2cccc3c(C4(c5ccc(-c6ccc(N)nc6)cc5)CCC4)c[nH]c23)CC1. The number of hydrogen-bond donors (Lipinski definition) is 2. The first-order valence-corrected chi connectivity index (χ1v) is 12.5. The van der Waals surface area contributed by atoms with Gasteiger partial charge in [-0.05, 0) is 54.8 Å². The summed E-state index contributed by atoms with van der Waals surface area (Å²) >= 11 is 0. The van der Waals surface area contributed by atoms with Crippen LogP contribution >= 0.6 is 0 Å². The zero-order valence-electron chi connectivity index (χ0n) is 20.1. The summed E-state index contributed by atoms with van der Waals surface area (Å²) in [5.74, 6) is 0.657. The first-order valence-electron chi connectivity index (χ1n) is 12.5. The molecule has 2 aliphatic rings. The van der Waals surface area contributed by atoms with Crippen LogP contribution in [0.3, 0.4) is 0 Å². The van der Waals surface area contributed by atoms with Crippen LogP contribution in [0, 0.1) is 0 Å². The monoisotopic (exact) mass is 465 g/mol. The molecule has 1 aliphatic carbocycles. The molecular weight excluding hydrogens is 434 g/mol. The molecule has 3 N–H and O–H groups in total. The molecule has 1 saturated carbocycles. The number of piperazine rings is 1. The molecule has 0 spiro atoms. The maximum absolute atomic E-state index is 13.4. The van der Waals surface area contributed by atoms with Crippen LogP contribution in [0.15, 0.2) is 67.0 Å². The molecule has 35 heavy (non-hydrogen) atoms. The number of rotatable bonds is 4. The van der Waals surface area contributed by atoms with Crippen molar-refractivity contribution in [3.05, 3.63) is 83.7 Å². The Kier molecular flexibility index (Phi) is 5.33. The molecule has 2 fully saturated rings. The molecule has 6 rings (SSSR count). The van der Waals surface area contributed by atoms with Crippen molar-refractivity contribution >= 4 is 22.6 Å². The van der Waals surface area contributed by atoms with Gasteiger partial charge < -0.3 is 20.5 Å². The predicted molar refractivity (Wildman–Crippen MR) is 140 cm³/mol. The van der Waals surface area contributed by atoms with Gasteiger partial charge in [0.05, 0.1) is 11.1 Å². The molecule has 0 unspecified atom stereocenters. The minimum atomic E-state index is -0.0222. The Hall–Kier alpha value is -3.64. The topological polar surface area (TPSA) is 78.2 Å². The number of anilines is 1. The molecule has 6 nitrogen and oxygen atoms in total. The molecule has 178 valence electrons. The van der Waals surface area contributed by atoms with Gasteiger partial charge in [0.25, 0.3) is 5.91 Å². The number of hydrogen-bond acceptors (Lipinski definition) is 4. The lowest BCUT2D eigenvalue weighted by atomic mass is 9.60. The highest BCUT2D eigenvalue weighted by Crippen LogP contribution is 2.51. The van der Waals surface area contributed by atoms with Crippen LogP contribution in [-0.2, 0) is 5.41 Å². The molecule has 0 atom stereocenters. The zero-order chi connectivity index (χ0) is 24.0. The van der Waals surface area contributed by atoms with Crippen LogP contribution in [0.4, 0.5) is 5.82 Å². The van der Waals surface area contributed by atoms with Gasteiger partial charge in [0.15, 0.2) is 0 Å². The summed E-state index contributed by atoms with van der Waals surface area (Å²) in [4.78, 5) is 25.4. The number of H-pyrrole nitrogens is 1. The maximum Gasteiger partial charge on any atom is 0.256 e. The van der Waals surface area contributed by atoms with E-state index in [1.54, 1.807) is 0 Å². The van der Waals surface area contributed by atoms with E-state index >= 15 is 0 Å². The van der Waals surface area contributed by atoms with Gasteiger partial charge >= 0.3 is 0 Å². The summed E-state index contributed by atoms with van der Waals surface area (Å²) in [5, 5.41) is 1.16. The van der Waals surface area contributed by atoms with Crippen LogP contribution in [0.2, 0.25) is 0 Å². The number of pyridine rings is 1. The lowest BCUT2D eigenvalue weighted by Gasteiger charge is -2.43. The molecule has 1 amide bonds. The van der Waals surface area contributed by atoms with Crippen molar-refractivity contribution in [3.63, 3.8) is 0 Å². The van der Waals surface area contributed by atoms with Crippen molar-refractivity contribution < 1.29 is 4.79 Å². The number of aromatic nitrogens is 2. The summed E-state index contributed by atoms with van der Waals surface area (Å²) in [5.41, 5.74) is 12.3. The number of fused-ring (bicyclic) bond motifs is 1. The Morgan fingerprint density at radius 1 is 0.971 bits per heavy atom. The first-order chi connectivity index (χ1) is 17.0. The van der Waals surface area contributed by atoms with E-state index in [1.165, 1.54) is 17.5 Å². The second kappa shape index (κ2) is 8.54. The minimum Gasteiger partial charge on any atom is -0.384 e. The smallest absolute Gasteiger partial charge is 0.256 e. The van der Waals surface area contributed by atoms with Crippen molar-refractivity contribution in [1.29, 1.82) is 0 Å². The molecule has 4 aromatic rings. The van der Waals surface area contributed by atoms with E-state index in [9.17, 15) is 4.79 Å². The summed E-state index contributed by atoms with van der Waals surface area (Å²) in [6, 6.07) is 18.9. The third-order valence-corrected chi connectivity index (χ3v) is 8.02. The fourth-order valence-electron chi connectivity index (χ4n) is 5.71. The number of aromatic amines is 1. The summed E-state index contributed by atoms with van der Waals surface area (Å²) < 4.78 is 0. The second-order valence-corrected chi connectivity index (χ2v) is 10.0. The highest BCUT2D eigenvalue weighted by atomic mass is 16.2. The number of nitrogen functional groups attached to an aromatic ring is 1. The third-order valence-electron chi connectivity index (χ3n) is 8.02. The fraction of sp³-hybridized carbons (Fsp3) is 0.310. The number of amides is 1. The fourth-order valence-corrected chi connectivity index (χ4v) is 5.71. The molecule has 6 heteroatoms. The van der Waals surface area contributed by atoms with Gasteiger partial charge in [-0.15, -0.1) is 0 Å². The van der Waals surface area contributed by atoms with Crippen molar-refractivity contribution in [2.75, 3.05) is 39.0 Å². The van der Waals surface area contributed by atoms with E-state index in [-0.39, 0.29) is 11.3 Å². The molecule has 3 heterocycles. The number of nitrogens with two attached hydrogens (primary N) is 1. The van der Waals surface area contributed by atoms with Crippen LogP contribution in [-0.4, -0.2) is 58.9 Å². The molecule has 1 aliphatic heterocycles. The van der Waals surface area contributed by atoms with Gasteiger partial charge in [-0.2, -0.15) is 0 Å². The highest BCUT2D eigenvalue weighted by Gasteiger charge is 2.42. The van der Waals surface area contributed by atoms with Gasteiger partial charge in [0.2, 0.25) is 0 Å². The lowest BCUT2D eigenvalue weighted by molar-refractivity contribution is 0.0666. The van der Waals surface area contributed by atoms with Crippen LogP contribution in [0.5, 0.6) is 0 Å². The van der Waals surface area contributed by atoms with Gasteiger partial charge in [-0.3, -0.25) is 4.79 Å². The Morgan fingerprint density at radius 3 is 2.37 bits per heavy atom. The maximum atomic E-state index is 13.4. The average Bonchev–Trinajstić information content (AvgIpc) is 3.29. The number of likely N-dealkylation sites (N-methyl/N-ethyl adjacent to an activating group) is 1. The minimum absolute atomic E-state index is 0.0222. The highest BCUT2D eigenvalue weighted by molar-refractivity contribution is 6.06. The Morgan fingerprint density at radius 2 is 1.71 bits per heavy atom. The van der Waals surface area contributed by atoms with Crippen LogP contribution in [0.25, 0.3) is 22.0 Å². The Bertz CT molecular complexity index is 1360. The summed E-state index contributed by atoms with van der Waals surface area (Å²) in [6.07, 6.45) is 7.39. The molecule has 2 aromatic heterocycles. The van der Waals surface area contributed by atoms with Crippen molar-refractivity contribution in [1.82, 2.24) is 19.8 Å². The second-order valence-electron chi connectivity index (χ2n) is 10.0. The van der Waals surface area contributed by atoms with Gasteiger partial charge in [-0.1, -0.05) is 42.8 Å². The van der Waals surface area contributed by atoms with E-state index < -0.39 is 0 Å². The van der Waals surface area contributed by atoms with E-state index in [0.29, 0.717) is 5.82 Å². The molecule has 0 bridgehead atoms. The summed E-state index contributed by atoms with van der Waals surface area (Å²) in [6.45, 7) is 3.39. The zero-order valence-corrected chi connectivity index (χ0v) is 20.1. The van der Waals surface area contributed by atoms with Gasteiger partial charge in [0.1, 0.15) is 5.82 Å². The molecule has 2 aromatic carbocycles. The quantitative estimate of drug-likeness (QED) is 0.459. The predicted octanol–water partition coefficient (Wildman–Crippen LogP) is 4.67. The molecule has 0 radical (unpaired) electrons. The lowest BCUT2D eigenvalue weighted by Crippen LogP contribution is -2.47. The Labute approximate surface area is 205 Å². The number of carbonyl (C=O) groups excluding carboxylic acids is 1. The van der Waals surface area contributed by atoms with E-state index in [4.69, 9.17) is 5.73 Å². The Balaban J connectivity index is 1.34. The number of para-hydroxylation sites is 1. The number of carbonyl (C=O) groups is 1. The van der Waals surface area contributed by atoms with Crippen molar-refractivity contribution in [3.8, 4) is 11.1 Å². The van der Waals surface area contributed by atoms with E-state index in [2.05, 4.69) is 58.4 Å². The number of nitrogens with one attached hydrogen (secondary N) is 1. The normalized spacial score (nSPS) is 17.9. The van der Waals surface area contributed by atoms with Crippen molar-refractivity contribution in [2.24, 2.45) is 0 Å². The number of nitrogens with zero attached hydrogens (tertiary/aromatic N) is 3. The molecular formula is C29H31N5O. The van der Waals surface area contributed by atoms with Crippen molar-refractivity contribution in [2.45, 2.75) is 24.7 Å². The molecule has 1 saturated heterocycles. The third kappa shape index (κ3) is 3.69. The standard InChI is InChI=1S/C29H31N5O/c1-33-14-16-34(17-15-33)28(35)24-5-2-4-23-25(19-32-27(23)24)29(12-3-13-29)22-9-6-20(7-10-22)21-8-11-26(30)31-18-21/h2,4-11,18-19,32H,3,12-17H2,1H3,(H2,30,31). The largest absolute Gasteiger partial charge is 0.384 e. The van der Waals surface area contributed by atoms with E-state index in [1.807, 2.05) is 35.4 Å². The number of benzene rings is 2. The van der Waals surface area contributed by atoms with Gasteiger partial charge in [0, 0.05) is 54.9 Å². The van der Waals surface area contributed by atoms with Gasteiger partial charge in [-0.25, -0.2) is 4.98 Å². The summed E-state index contributed by atoms with van der Waals surface area (Å²) in [7, 11) is 2.11.